The topological polar surface area (TPSA) is 82.7 Å². The van der Waals surface area contributed by atoms with Crippen molar-refractivity contribution < 1.29 is 18.7 Å². The van der Waals surface area contributed by atoms with Gasteiger partial charge in [-0.25, -0.2) is 4.79 Å². The van der Waals surface area contributed by atoms with Crippen LogP contribution in [0.3, 0.4) is 0 Å². The first-order valence-corrected chi connectivity index (χ1v) is 8.67. The third-order valence-corrected chi connectivity index (χ3v) is 4.88. The molecule has 27 heavy (non-hydrogen) atoms. The van der Waals surface area contributed by atoms with Crippen LogP contribution in [0.1, 0.15) is 19.4 Å². The van der Waals surface area contributed by atoms with Crippen molar-refractivity contribution in [3.8, 4) is 11.5 Å². The molecular weight excluding hydrogens is 348 g/mol. The number of ether oxygens (including phenoxy) is 2. The number of nitrogens with zero attached hydrogens (tertiary/aromatic N) is 1. The molecule has 0 bridgehead atoms. The number of anilines is 1. The van der Waals surface area contributed by atoms with Crippen molar-refractivity contribution in [3.63, 3.8) is 0 Å². The van der Waals surface area contributed by atoms with Crippen molar-refractivity contribution >= 4 is 22.7 Å². The lowest BCUT2D eigenvalue weighted by atomic mass is 9.83. The first-order valence-electron chi connectivity index (χ1n) is 8.67. The maximum Gasteiger partial charge on any atom is 0.419 e. The van der Waals surface area contributed by atoms with Gasteiger partial charge in [-0.05, 0) is 43.7 Å². The third-order valence-electron chi connectivity index (χ3n) is 4.88. The zero-order chi connectivity index (χ0) is 19.2. The first-order chi connectivity index (χ1) is 12.9. The lowest BCUT2D eigenvalue weighted by Gasteiger charge is -2.26. The van der Waals surface area contributed by atoms with E-state index in [0.29, 0.717) is 41.5 Å². The highest BCUT2D eigenvalue weighted by Crippen LogP contribution is 2.35. The molecule has 2 heterocycles. The van der Waals surface area contributed by atoms with Crippen LogP contribution >= 0.6 is 0 Å². The summed E-state index contributed by atoms with van der Waals surface area (Å²) < 4.78 is 17.8. The van der Waals surface area contributed by atoms with Crippen LogP contribution in [0.4, 0.5) is 5.69 Å². The lowest BCUT2D eigenvalue weighted by Crippen LogP contribution is -2.34. The summed E-state index contributed by atoms with van der Waals surface area (Å²) >= 11 is 0. The molecule has 0 fully saturated rings. The molecule has 4 rings (SSSR count). The van der Waals surface area contributed by atoms with Crippen molar-refractivity contribution in [3.05, 3.63) is 52.5 Å². The minimum absolute atomic E-state index is 0.184. The highest BCUT2D eigenvalue weighted by Gasteiger charge is 2.31. The average Bonchev–Trinajstić information content (AvgIpc) is 2.94. The van der Waals surface area contributed by atoms with E-state index in [-0.39, 0.29) is 5.91 Å². The molecule has 0 atom stereocenters. The monoisotopic (exact) mass is 368 g/mol. The van der Waals surface area contributed by atoms with Crippen LogP contribution in [0.25, 0.3) is 11.1 Å². The van der Waals surface area contributed by atoms with Gasteiger partial charge in [-0.15, -0.1) is 0 Å². The molecule has 1 N–H and O–H groups in total. The molecule has 7 heteroatoms. The minimum Gasteiger partial charge on any atom is -0.486 e. The predicted octanol–water partition coefficient (Wildman–Crippen LogP) is 2.82. The number of benzene rings is 2. The summed E-state index contributed by atoms with van der Waals surface area (Å²) in [5.41, 5.74) is 1.67. The third kappa shape index (κ3) is 2.95. The van der Waals surface area contributed by atoms with E-state index in [1.165, 1.54) is 4.57 Å². The van der Waals surface area contributed by atoms with Crippen molar-refractivity contribution in [1.82, 2.24) is 4.57 Å². The highest BCUT2D eigenvalue weighted by molar-refractivity contribution is 5.99. The number of oxazole rings is 1. The van der Waals surface area contributed by atoms with Gasteiger partial charge in [-0.2, -0.15) is 0 Å². The summed E-state index contributed by atoms with van der Waals surface area (Å²) in [6.45, 7) is 4.70. The summed E-state index contributed by atoms with van der Waals surface area (Å²) in [7, 11) is 1.64. The number of fused-ring (bicyclic) bond motifs is 2. The molecule has 0 saturated carbocycles. The van der Waals surface area contributed by atoms with Crippen molar-refractivity contribution in [2.75, 3.05) is 18.5 Å². The second-order valence-corrected chi connectivity index (χ2v) is 7.05. The average molecular weight is 368 g/mol. The van der Waals surface area contributed by atoms with Crippen LogP contribution in [-0.4, -0.2) is 23.7 Å². The number of hydrogen-bond donors (Lipinski definition) is 1. The Kier molecular flexibility index (Phi) is 3.95. The van der Waals surface area contributed by atoms with Crippen molar-refractivity contribution in [1.29, 1.82) is 0 Å². The molecule has 0 saturated heterocycles. The molecule has 7 nitrogen and oxygen atoms in total. The molecule has 1 aliphatic rings. The van der Waals surface area contributed by atoms with Crippen LogP contribution in [0.15, 0.2) is 45.6 Å². The summed E-state index contributed by atoms with van der Waals surface area (Å²) in [6, 6.07) is 10.7. The number of carbonyl (C=O) groups is 1. The Balaban J connectivity index is 1.60. The van der Waals surface area contributed by atoms with Gasteiger partial charge < -0.3 is 19.2 Å². The number of rotatable bonds is 3. The van der Waals surface area contributed by atoms with Crippen LogP contribution < -0.4 is 20.5 Å². The zero-order valence-electron chi connectivity index (χ0n) is 15.4. The van der Waals surface area contributed by atoms with E-state index in [1.807, 2.05) is 32.0 Å². The largest absolute Gasteiger partial charge is 0.486 e. The van der Waals surface area contributed by atoms with Gasteiger partial charge in [-0.3, -0.25) is 9.36 Å². The van der Waals surface area contributed by atoms with Gasteiger partial charge in [0.15, 0.2) is 17.1 Å². The Bertz CT molecular complexity index is 1090. The number of nitrogens with one attached hydrogen (secondary N) is 1. The predicted molar refractivity (Wildman–Crippen MR) is 101 cm³/mol. The van der Waals surface area contributed by atoms with Gasteiger partial charge in [0.2, 0.25) is 5.91 Å². The summed E-state index contributed by atoms with van der Waals surface area (Å²) in [5, 5.41) is 2.90. The van der Waals surface area contributed by atoms with Crippen LogP contribution in [0.5, 0.6) is 11.5 Å². The Morgan fingerprint density at radius 1 is 1.07 bits per heavy atom. The molecule has 0 unspecified atom stereocenters. The Hall–Kier alpha value is -3.22. The number of aryl methyl sites for hydroxylation is 1. The van der Waals surface area contributed by atoms with E-state index < -0.39 is 11.2 Å². The molecule has 140 valence electrons. The van der Waals surface area contributed by atoms with Gasteiger partial charge >= 0.3 is 5.76 Å². The fourth-order valence-corrected chi connectivity index (χ4v) is 3.06. The van der Waals surface area contributed by atoms with Crippen LogP contribution in [0.2, 0.25) is 0 Å². The van der Waals surface area contributed by atoms with Crippen LogP contribution in [-0.2, 0) is 17.3 Å². The van der Waals surface area contributed by atoms with Gasteiger partial charge in [0, 0.05) is 18.8 Å². The number of amides is 1. The molecule has 2 aromatic carbocycles. The SMILES string of the molecule is Cn1c(=O)oc2cc(NC(=O)C(C)(C)c3ccc4c(c3)OCCO4)ccc21. The minimum atomic E-state index is -0.803. The quantitative estimate of drug-likeness (QED) is 0.769. The van der Waals surface area contributed by atoms with Gasteiger partial charge in [-0.1, -0.05) is 6.07 Å². The standard InChI is InChI=1S/C20H20N2O5/c1-20(2,12-4-7-15-17(10-12)26-9-8-25-15)18(23)21-13-5-6-14-16(11-13)27-19(24)22(14)3/h4-7,10-11H,8-9H2,1-3H3,(H,21,23). The maximum absolute atomic E-state index is 12.9. The van der Waals surface area contributed by atoms with E-state index in [2.05, 4.69) is 5.32 Å². The van der Waals surface area contributed by atoms with E-state index in [1.54, 1.807) is 25.2 Å². The molecular formula is C20H20N2O5. The van der Waals surface area contributed by atoms with E-state index in [0.717, 1.165) is 5.56 Å². The van der Waals surface area contributed by atoms with Gasteiger partial charge in [0.1, 0.15) is 13.2 Å². The lowest BCUT2D eigenvalue weighted by molar-refractivity contribution is -0.120. The van der Waals surface area contributed by atoms with E-state index in [9.17, 15) is 9.59 Å². The first kappa shape index (κ1) is 17.2. The molecule has 3 aromatic rings. The second kappa shape index (κ2) is 6.19. The summed E-state index contributed by atoms with van der Waals surface area (Å²) in [4.78, 5) is 24.6. The number of hydrogen-bond acceptors (Lipinski definition) is 5. The Morgan fingerprint density at radius 2 is 1.81 bits per heavy atom. The number of aromatic nitrogens is 1. The maximum atomic E-state index is 12.9. The second-order valence-electron chi connectivity index (χ2n) is 7.05. The van der Waals surface area contributed by atoms with E-state index >= 15 is 0 Å². The molecule has 0 spiro atoms. The van der Waals surface area contributed by atoms with Gasteiger partial charge in [0.25, 0.3) is 0 Å². The molecule has 1 amide bonds. The number of carbonyl (C=O) groups excluding carboxylic acids is 1. The van der Waals surface area contributed by atoms with Gasteiger partial charge in [0.05, 0.1) is 10.9 Å². The van der Waals surface area contributed by atoms with Crippen molar-refractivity contribution in [2.24, 2.45) is 7.05 Å². The Labute approximate surface area is 155 Å². The van der Waals surface area contributed by atoms with Crippen LogP contribution in [0, 0.1) is 0 Å². The highest BCUT2D eigenvalue weighted by atomic mass is 16.6. The van der Waals surface area contributed by atoms with E-state index in [4.69, 9.17) is 13.9 Å². The fourth-order valence-electron chi connectivity index (χ4n) is 3.06. The zero-order valence-corrected chi connectivity index (χ0v) is 15.4. The molecule has 1 aromatic heterocycles. The molecule has 1 aliphatic heterocycles. The summed E-state index contributed by atoms with van der Waals surface area (Å²) in [5.74, 6) is 0.708. The Morgan fingerprint density at radius 3 is 2.59 bits per heavy atom. The summed E-state index contributed by atoms with van der Waals surface area (Å²) in [6.07, 6.45) is 0. The smallest absolute Gasteiger partial charge is 0.419 e. The fraction of sp³-hybridized carbons (Fsp3) is 0.300. The molecule has 0 aliphatic carbocycles. The van der Waals surface area contributed by atoms with Crippen molar-refractivity contribution in [2.45, 2.75) is 19.3 Å². The molecule has 0 radical (unpaired) electrons. The normalized spacial score (nSPS) is 13.6.